The van der Waals surface area contributed by atoms with Gasteiger partial charge in [0, 0.05) is 22.4 Å². The van der Waals surface area contributed by atoms with E-state index in [2.05, 4.69) is 0 Å². The van der Waals surface area contributed by atoms with Gasteiger partial charge in [-0.1, -0.05) is 23.2 Å². The van der Waals surface area contributed by atoms with Crippen molar-refractivity contribution in [1.82, 2.24) is 0 Å². The van der Waals surface area contributed by atoms with Crippen molar-refractivity contribution in [2.45, 2.75) is 11.8 Å². The SMILES string of the molecule is Clc1cc2c(cc1C(Cl)c1sccc1Cl)OCCCO2. The lowest BCUT2D eigenvalue weighted by atomic mass is 10.1. The van der Waals surface area contributed by atoms with Gasteiger partial charge < -0.3 is 9.47 Å². The first-order chi connectivity index (χ1) is 9.66. The summed E-state index contributed by atoms with van der Waals surface area (Å²) in [6.45, 7) is 1.25. The highest BCUT2D eigenvalue weighted by atomic mass is 35.5. The fraction of sp³-hybridized carbons (Fsp3) is 0.286. The van der Waals surface area contributed by atoms with E-state index in [1.54, 1.807) is 6.07 Å². The van der Waals surface area contributed by atoms with Gasteiger partial charge in [0.05, 0.1) is 23.6 Å². The lowest BCUT2D eigenvalue weighted by Gasteiger charge is -2.15. The third-order valence-electron chi connectivity index (χ3n) is 3.01. The van der Waals surface area contributed by atoms with Crippen LogP contribution in [0.5, 0.6) is 11.5 Å². The van der Waals surface area contributed by atoms with E-state index in [4.69, 9.17) is 44.3 Å². The zero-order chi connectivity index (χ0) is 14.1. The van der Waals surface area contributed by atoms with Crippen LogP contribution in [0, 0.1) is 0 Å². The fourth-order valence-corrected chi connectivity index (χ4v) is 4.01. The van der Waals surface area contributed by atoms with Crippen LogP contribution in [0.15, 0.2) is 23.6 Å². The highest BCUT2D eigenvalue weighted by molar-refractivity contribution is 7.11. The monoisotopic (exact) mass is 348 g/mol. The Morgan fingerprint density at radius 1 is 1.05 bits per heavy atom. The molecule has 0 saturated carbocycles. The summed E-state index contributed by atoms with van der Waals surface area (Å²) in [6.07, 6.45) is 0.850. The minimum absolute atomic E-state index is 0.396. The Labute approximate surface area is 136 Å². The molecule has 0 spiro atoms. The molecule has 0 aliphatic carbocycles. The van der Waals surface area contributed by atoms with Crippen molar-refractivity contribution in [2.24, 2.45) is 0 Å². The van der Waals surface area contributed by atoms with Crippen LogP contribution in [-0.2, 0) is 0 Å². The third-order valence-corrected chi connectivity index (χ3v) is 5.35. The van der Waals surface area contributed by atoms with Gasteiger partial charge in [-0.15, -0.1) is 22.9 Å². The van der Waals surface area contributed by atoms with Gasteiger partial charge in [0.2, 0.25) is 0 Å². The molecule has 0 saturated heterocycles. The molecule has 0 fully saturated rings. The molecule has 1 atom stereocenters. The molecule has 2 aromatic rings. The molecule has 106 valence electrons. The molecule has 6 heteroatoms. The molecule has 0 N–H and O–H groups in total. The Morgan fingerprint density at radius 2 is 1.75 bits per heavy atom. The number of alkyl halides is 1. The Balaban J connectivity index is 2.01. The van der Waals surface area contributed by atoms with Gasteiger partial charge >= 0.3 is 0 Å². The molecule has 2 nitrogen and oxygen atoms in total. The van der Waals surface area contributed by atoms with Crippen molar-refractivity contribution in [1.29, 1.82) is 0 Å². The molecule has 2 heterocycles. The zero-order valence-electron chi connectivity index (χ0n) is 10.4. The van der Waals surface area contributed by atoms with Gasteiger partial charge in [-0.25, -0.2) is 0 Å². The summed E-state index contributed by atoms with van der Waals surface area (Å²) in [6, 6.07) is 5.43. The van der Waals surface area contributed by atoms with E-state index in [0.717, 1.165) is 16.9 Å². The van der Waals surface area contributed by atoms with E-state index in [1.165, 1.54) is 11.3 Å². The normalized spacial score (nSPS) is 15.8. The number of ether oxygens (including phenoxy) is 2. The number of fused-ring (bicyclic) bond motifs is 1. The third kappa shape index (κ3) is 2.73. The van der Waals surface area contributed by atoms with Crippen LogP contribution >= 0.6 is 46.1 Å². The summed E-state index contributed by atoms with van der Waals surface area (Å²) in [5.41, 5.74) is 0.780. The minimum atomic E-state index is -0.396. The fourth-order valence-electron chi connectivity index (χ4n) is 2.02. The van der Waals surface area contributed by atoms with E-state index < -0.39 is 5.38 Å². The van der Waals surface area contributed by atoms with E-state index in [-0.39, 0.29) is 0 Å². The molecule has 1 aliphatic rings. The number of hydrogen-bond acceptors (Lipinski definition) is 3. The topological polar surface area (TPSA) is 18.5 Å². The Kier molecular flexibility index (Phi) is 4.32. The lowest BCUT2D eigenvalue weighted by Crippen LogP contribution is -1.97. The Bertz CT molecular complexity index is 627. The smallest absolute Gasteiger partial charge is 0.162 e. The molecule has 1 unspecified atom stereocenters. The zero-order valence-corrected chi connectivity index (χ0v) is 13.5. The van der Waals surface area contributed by atoms with Crippen molar-refractivity contribution in [3.8, 4) is 11.5 Å². The summed E-state index contributed by atoms with van der Waals surface area (Å²) < 4.78 is 11.3. The van der Waals surface area contributed by atoms with E-state index in [0.29, 0.717) is 34.8 Å². The number of rotatable bonds is 2. The first-order valence-corrected chi connectivity index (χ1v) is 8.20. The van der Waals surface area contributed by atoms with Crippen LogP contribution in [0.1, 0.15) is 22.2 Å². The average Bonchev–Trinajstić information content (AvgIpc) is 2.72. The van der Waals surface area contributed by atoms with Gasteiger partial charge in [-0.2, -0.15) is 0 Å². The lowest BCUT2D eigenvalue weighted by molar-refractivity contribution is 0.297. The molecular formula is C14H11Cl3O2S. The number of halogens is 3. The first kappa shape index (κ1) is 14.3. The molecule has 1 aliphatic heterocycles. The number of hydrogen-bond donors (Lipinski definition) is 0. The van der Waals surface area contributed by atoms with Crippen LogP contribution in [-0.4, -0.2) is 13.2 Å². The highest BCUT2D eigenvalue weighted by Gasteiger charge is 2.22. The largest absolute Gasteiger partial charge is 0.490 e. The highest BCUT2D eigenvalue weighted by Crippen LogP contribution is 2.44. The molecule has 0 radical (unpaired) electrons. The van der Waals surface area contributed by atoms with E-state index in [1.807, 2.05) is 17.5 Å². The Hall–Kier alpha value is -0.610. The standard InChI is InChI=1S/C14H11Cl3O2S/c15-9-2-5-20-14(9)13(17)8-6-11-12(7-10(8)16)19-4-1-3-18-11/h2,5-7,13H,1,3-4H2. The van der Waals surface area contributed by atoms with Gasteiger partial charge in [0.15, 0.2) is 11.5 Å². The van der Waals surface area contributed by atoms with E-state index >= 15 is 0 Å². The Morgan fingerprint density at radius 3 is 2.40 bits per heavy atom. The summed E-state index contributed by atoms with van der Waals surface area (Å²) in [5.74, 6) is 1.35. The molecule has 0 amide bonds. The van der Waals surface area contributed by atoms with Crippen molar-refractivity contribution in [2.75, 3.05) is 13.2 Å². The van der Waals surface area contributed by atoms with E-state index in [9.17, 15) is 0 Å². The maximum atomic E-state index is 6.51. The van der Waals surface area contributed by atoms with Crippen LogP contribution in [0.3, 0.4) is 0 Å². The van der Waals surface area contributed by atoms with Gasteiger partial charge in [-0.05, 0) is 23.1 Å². The van der Waals surface area contributed by atoms with Crippen LogP contribution in [0.25, 0.3) is 0 Å². The predicted octanol–water partition coefficient (Wildman–Crippen LogP) is 5.54. The van der Waals surface area contributed by atoms with Crippen LogP contribution in [0.4, 0.5) is 0 Å². The maximum Gasteiger partial charge on any atom is 0.162 e. The quantitative estimate of drug-likeness (QED) is 0.662. The number of thiophene rings is 1. The van der Waals surface area contributed by atoms with Crippen LogP contribution < -0.4 is 9.47 Å². The molecule has 0 bridgehead atoms. The average molecular weight is 350 g/mol. The second kappa shape index (κ2) is 6.02. The molecule has 1 aromatic heterocycles. The van der Waals surface area contributed by atoms with Gasteiger partial charge in [0.1, 0.15) is 0 Å². The molecule has 1 aromatic carbocycles. The first-order valence-electron chi connectivity index (χ1n) is 6.13. The summed E-state index contributed by atoms with van der Waals surface area (Å²) in [4.78, 5) is 0.879. The summed E-state index contributed by atoms with van der Waals surface area (Å²) in [5, 5.41) is 2.72. The van der Waals surface area contributed by atoms with Crippen molar-refractivity contribution < 1.29 is 9.47 Å². The molecule has 3 rings (SSSR count). The van der Waals surface area contributed by atoms with Crippen LogP contribution in [0.2, 0.25) is 10.0 Å². The summed E-state index contributed by atoms with van der Waals surface area (Å²) in [7, 11) is 0. The number of benzene rings is 1. The second-order valence-electron chi connectivity index (χ2n) is 4.37. The van der Waals surface area contributed by atoms with Crippen molar-refractivity contribution in [3.63, 3.8) is 0 Å². The molecule has 20 heavy (non-hydrogen) atoms. The van der Waals surface area contributed by atoms with Crippen molar-refractivity contribution >= 4 is 46.1 Å². The predicted molar refractivity (Wildman–Crippen MR) is 84.1 cm³/mol. The molecular weight excluding hydrogens is 339 g/mol. The minimum Gasteiger partial charge on any atom is -0.490 e. The van der Waals surface area contributed by atoms with Gasteiger partial charge in [-0.3, -0.25) is 0 Å². The van der Waals surface area contributed by atoms with Gasteiger partial charge in [0.25, 0.3) is 0 Å². The second-order valence-corrected chi connectivity index (χ2v) is 6.56. The summed E-state index contributed by atoms with van der Waals surface area (Å²) >= 11 is 20.5. The van der Waals surface area contributed by atoms with Crippen molar-refractivity contribution in [3.05, 3.63) is 44.1 Å². The maximum absolute atomic E-state index is 6.51.